The van der Waals surface area contributed by atoms with Crippen molar-refractivity contribution in [3.8, 4) is 0 Å². The van der Waals surface area contributed by atoms with E-state index in [1.165, 1.54) is 6.07 Å². The van der Waals surface area contributed by atoms with Gasteiger partial charge in [-0.1, -0.05) is 6.07 Å². The topological polar surface area (TPSA) is 27.7 Å². The highest BCUT2D eigenvalue weighted by atomic mass is 28.2. The fourth-order valence-corrected chi connectivity index (χ4v) is 2.45. The number of aryl methyl sites for hydroxylation is 1. The van der Waals surface area contributed by atoms with Gasteiger partial charge in [-0.05, 0) is 51.8 Å². The van der Waals surface area contributed by atoms with E-state index in [2.05, 4.69) is 0 Å². The predicted molar refractivity (Wildman–Crippen MR) is 80.9 cm³/mol. The Morgan fingerprint density at radius 1 is 1.05 bits per heavy atom. The average Bonchev–Trinajstić information content (AvgIpc) is 2.38. The number of halogens is 2. The van der Waals surface area contributed by atoms with Gasteiger partial charge in [0.2, 0.25) is 0 Å². The summed E-state index contributed by atoms with van der Waals surface area (Å²) >= 11 is 0. The minimum Gasteiger partial charge on any atom is -0.380 e. The van der Waals surface area contributed by atoms with Gasteiger partial charge in [0, 0.05) is 6.42 Å². The number of rotatable bonds is 8. The van der Waals surface area contributed by atoms with Crippen LogP contribution in [0.3, 0.4) is 0 Å². The van der Waals surface area contributed by atoms with Gasteiger partial charge in [0.15, 0.2) is 22.1 Å². The van der Waals surface area contributed by atoms with Crippen LogP contribution in [0, 0.1) is 11.6 Å². The van der Waals surface area contributed by atoms with Crippen LogP contribution in [0.5, 0.6) is 0 Å². The first-order valence-electron chi connectivity index (χ1n) is 7.12. The summed E-state index contributed by atoms with van der Waals surface area (Å²) in [5.74, 6) is -2.82. The molecule has 0 saturated heterocycles. The summed E-state index contributed by atoms with van der Waals surface area (Å²) in [6.45, 7) is 7.60. The second-order valence-corrected chi connectivity index (χ2v) is 5.88. The van der Waals surface area contributed by atoms with Gasteiger partial charge in [-0.15, -0.1) is 0 Å². The van der Waals surface area contributed by atoms with E-state index in [0.717, 1.165) is 6.07 Å². The lowest BCUT2D eigenvalue weighted by atomic mass is 10.1. The summed E-state index contributed by atoms with van der Waals surface area (Å²) < 4.78 is 43.3. The predicted octanol–water partition coefficient (Wildman–Crippen LogP) is 2.70. The van der Waals surface area contributed by atoms with Gasteiger partial charge >= 0.3 is 0 Å². The Labute approximate surface area is 128 Å². The van der Waals surface area contributed by atoms with Gasteiger partial charge in [-0.2, -0.15) is 0 Å². The van der Waals surface area contributed by atoms with Gasteiger partial charge in [0.05, 0.1) is 12.2 Å². The fraction of sp³-hybridized carbons (Fsp3) is 0.600. The van der Waals surface area contributed by atoms with Crippen LogP contribution in [0.25, 0.3) is 0 Å². The minimum absolute atomic E-state index is 0.0670. The SMILES string of the molecule is CC(C)OC(CCc1ccc(F)c(F)c1)(O[SiH3])OC(C)C. The van der Waals surface area contributed by atoms with E-state index in [9.17, 15) is 8.78 Å². The number of ether oxygens (including phenoxy) is 2. The van der Waals surface area contributed by atoms with E-state index in [1.54, 1.807) is 6.07 Å². The van der Waals surface area contributed by atoms with E-state index >= 15 is 0 Å². The van der Waals surface area contributed by atoms with Gasteiger partial charge < -0.3 is 13.9 Å². The highest BCUT2D eigenvalue weighted by Gasteiger charge is 2.33. The molecule has 0 aliphatic heterocycles. The molecule has 0 atom stereocenters. The van der Waals surface area contributed by atoms with Crippen molar-refractivity contribution >= 4 is 10.5 Å². The molecular formula is C15H24F2O3Si. The summed E-state index contributed by atoms with van der Waals surface area (Å²) in [7, 11) is 0.446. The van der Waals surface area contributed by atoms with Crippen LogP contribution >= 0.6 is 0 Å². The number of hydrogen-bond donors (Lipinski definition) is 0. The maximum Gasteiger partial charge on any atom is 0.273 e. The Morgan fingerprint density at radius 3 is 2.05 bits per heavy atom. The summed E-state index contributed by atoms with van der Waals surface area (Å²) in [6.07, 6.45) is 0.752. The fourth-order valence-electron chi connectivity index (χ4n) is 2.05. The van der Waals surface area contributed by atoms with Crippen LogP contribution in [-0.2, 0) is 20.3 Å². The third-order valence-electron chi connectivity index (χ3n) is 2.85. The van der Waals surface area contributed by atoms with Crippen molar-refractivity contribution in [2.45, 2.75) is 58.7 Å². The number of benzene rings is 1. The normalized spacial score (nSPS) is 12.6. The lowest BCUT2D eigenvalue weighted by Crippen LogP contribution is -2.43. The zero-order chi connectivity index (χ0) is 16.0. The quantitative estimate of drug-likeness (QED) is 0.545. The lowest BCUT2D eigenvalue weighted by Gasteiger charge is -2.36. The second kappa shape index (κ2) is 7.98. The van der Waals surface area contributed by atoms with Crippen molar-refractivity contribution in [2.75, 3.05) is 0 Å². The van der Waals surface area contributed by atoms with Crippen LogP contribution in [0.1, 0.15) is 39.7 Å². The second-order valence-electron chi connectivity index (χ2n) is 5.47. The van der Waals surface area contributed by atoms with E-state index in [1.807, 2.05) is 27.7 Å². The zero-order valence-electron chi connectivity index (χ0n) is 13.3. The van der Waals surface area contributed by atoms with Crippen molar-refractivity contribution in [1.82, 2.24) is 0 Å². The summed E-state index contributed by atoms with van der Waals surface area (Å²) in [6, 6.07) is 3.87. The summed E-state index contributed by atoms with van der Waals surface area (Å²) in [4.78, 5) is 0. The largest absolute Gasteiger partial charge is 0.380 e. The highest BCUT2D eigenvalue weighted by molar-refractivity contribution is 5.98. The molecule has 0 radical (unpaired) electrons. The summed E-state index contributed by atoms with van der Waals surface area (Å²) in [5.41, 5.74) is 0.678. The van der Waals surface area contributed by atoms with Crippen molar-refractivity contribution in [2.24, 2.45) is 0 Å². The first-order valence-corrected chi connectivity index (χ1v) is 7.94. The highest BCUT2D eigenvalue weighted by Crippen LogP contribution is 2.25. The molecule has 0 amide bonds. The Morgan fingerprint density at radius 2 is 1.62 bits per heavy atom. The zero-order valence-corrected chi connectivity index (χ0v) is 15.3. The van der Waals surface area contributed by atoms with E-state index in [0.29, 0.717) is 28.9 Å². The molecule has 0 fully saturated rings. The van der Waals surface area contributed by atoms with Gasteiger partial charge in [0.1, 0.15) is 0 Å². The van der Waals surface area contributed by atoms with Crippen LogP contribution in [0.15, 0.2) is 18.2 Å². The lowest BCUT2D eigenvalue weighted by molar-refractivity contribution is -0.368. The molecule has 120 valence electrons. The van der Waals surface area contributed by atoms with Crippen molar-refractivity contribution in [3.05, 3.63) is 35.4 Å². The van der Waals surface area contributed by atoms with Crippen LogP contribution in [0.4, 0.5) is 8.78 Å². The minimum atomic E-state index is -1.13. The van der Waals surface area contributed by atoms with Gasteiger partial charge in [-0.3, -0.25) is 0 Å². The molecule has 3 nitrogen and oxygen atoms in total. The molecule has 1 aromatic rings. The molecule has 0 heterocycles. The maximum absolute atomic E-state index is 13.2. The molecule has 0 aliphatic carbocycles. The van der Waals surface area contributed by atoms with Crippen molar-refractivity contribution < 1.29 is 22.7 Å². The molecule has 0 saturated carbocycles. The van der Waals surface area contributed by atoms with Gasteiger partial charge in [-0.25, -0.2) is 8.78 Å². The number of hydrogen-bond acceptors (Lipinski definition) is 3. The molecule has 1 rings (SSSR count). The first kappa shape index (κ1) is 18.2. The van der Waals surface area contributed by atoms with Gasteiger partial charge in [0.25, 0.3) is 5.97 Å². The van der Waals surface area contributed by atoms with E-state index in [-0.39, 0.29) is 12.2 Å². The van der Waals surface area contributed by atoms with Crippen LogP contribution in [0.2, 0.25) is 0 Å². The molecular weight excluding hydrogens is 294 g/mol. The molecule has 0 bridgehead atoms. The maximum atomic E-state index is 13.2. The molecule has 0 unspecified atom stereocenters. The molecule has 0 spiro atoms. The Hall–Kier alpha value is -0.823. The molecule has 0 aliphatic rings. The monoisotopic (exact) mass is 318 g/mol. The molecule has 0 N–H and O–H groups in total. The van der Waals surface area contributed by atoms with Crippen LogP contribution < -0.4 is 0 Å². The average molecular weight is 318 g/mol. The third-order valence-corrected chi connectivity index (χ3v) is 3.47. The Balaban J connectivity index is 2.82. The standard InChI is InChI=1S/C15H24F2O3Si/c1-10(2)18-15(20-21,19-11(3)4)8-7-12-5-6-13(16)14(17)9-12/h5-6,9-11H,7-8H2,1-4,21H3. The van der Waals surface area contributed by atoms with Crippen molar-refractivity contribution in [1.29, 1.82) is 0 Å². The molecule has 21 heavy (non-hydrogen) atoms. The smallest absolute Gasteiger partial charge is 0.273 e. The van der Waals surface area contributed by atoms with Crippen molar-refractivity contribution in [3.63, 3.8) is 0 Å². The molecule has 0 aromatic heterocycles. The third kappa shape index (κ3) is 5.82. The first-order chi connectivity index (χ1) is 9.78. The Kier molecular flexibility index (Phi) is 6.93. The Bertz CT molecular complexity index is 443. The molecule has 1 aromatic carbocycles. The van der Waals surface area contributed by atoms with E-state index in [4.69, 9.17) is 13.9 Å². The van der Waals surface area contributed by atoms with E-state index < -0.39 is 17.6 Å². The molecule has 6 heteroatoms. The summed E-state index contributed by atoms with van der Waals surface area (Å²) in [5, 5.41) is 0. The van der Waals surface area contributed by atoms with Crippen LogP contribution in [-0.4, -0.2) is 28.7 Å².